The van der Waals surface area contributed by atoms with Crippen molar-refractivity contribution < 1.29 is 0 Å². The maximum absolute atomic E-state index is 4.99. The molecule has 0 unspecified atom stereocenters. The predicted molar refractivity (Wildman–Crippen MR) is 120 cm³/mol. The number of nitrogens with zero attached hydrogens (tertiary/aromatic N) is 3. The number of aromatic nitrogens is 3. The number of hydrogen-bond acceptors (Lipinski definition) is 1. The smallest absolute Gasteiger partial charge is 0.220 e. The minimum absolute atomic E-state index is 0.942. The van der Waals surface area contributed by atoms with Crippen molar-refractivity contribution in [2.45, 2.75) is 6.92 Å². The SMILES string of the molecule is Cc1cccc(-n2c3ccc(-c4ccccc4)cc3n3c4ccccc4nc23)c1. The third kappa shape index (κ3) is 2.41. The molecule has 0 saturated heterocycles. The minimum Gasteiger partial charge on any atom is -0.278 e. The Hall–Kier alpha value is -3.85. The lowest BCUT2D eigenvalue weighted by Crippen LogP contribution is -1.95. The van der Waals surface area contributed by atoms with Crippen molar-refractivity contribution in [3.63, 3.8) is 0 Å². The normalized spacial score (nSPS) is 11.6. The Labute approximate surface area is 168 Å². The van der Waals surface area contributed by atoms with Crippen LogP contribution in [0.25, 0.3) is 44.7 Å². The maximum Gasteiger partial charge on any atom is 0.220 e. The van der Waals surface area contributed by atoms with E-state index in [0.29, 0.717) is 0 Å². The zero-order valence-electron chi connectivity index (χ0n) is 16.1. The Kier molecular flexibility index (Phi) is 3.38. The van der Waals surface area contributed by atoms with E-state index in [9.17, 15) is 0 Å². The summed E-state index contributed by atoms with van der Waals surface area (Å²) in [6.07, 6.45) is 0. The molecule has 4 aromatic carbocycles. The van der Waals surface area contributed by atoms with Crippen molar-refractivity contribution in [1.29, 1.82) is 0 Å². The van der Waals surface area contributed by atoms with Crippen LogP contribution in [-0.2, 0) is 0 Å². The van der Waals surface area contributed by atoms with Crippen LogP contribution in [-0.4, -0.2) is 14.0 Å². The first kappa shape index (κ1) is 16.1. The standard InChI is InChI=1S/C26H19N3/c1-18-8-7-11-21(16-18)28-24-15-14-20(19-9-3-2-4-10-19)17-25(24)29-23-13-6-5-12-22(23)27-26(28)29/h2-17H,1H3. The molecule has 2 aromatic heterocycles. The van der Waals surface area contributed by atoms with E-state index in [-0.39, 0.29) is 0 Å². The fourth-order valence-electron chi connectivity index (χ4n) is 4.23. The molecule has 0 radical (unpaired) electrons. The van der Waals surface area contributed by atoms with Crippen LogP contribution in [0, 0.1) is 6.92 Å². The van der Waals surface area contributed by atoms with Gasteiger partial charge < -0.3 is 0 Å². The number of aryl methyl sites for hydroxylation is 1. The Morgan fingerprint density at radius 3 is 2.31 bits per heavy atom. The summed E-state index contributed by atoms with van der Waals surface area (Å²) in [4.78, 5) is 4.99. The lowest BCUT2D eigenvalue weighted by Gasteiger charge is -2.07. The van der Waals surface area contributed by atoms with Crippen molar-refractivity contribution in [1.82, 2.24) is 14.0 Å². The molecule has 0 bridgehead atoms. The summed E-state index contributed by atoms with van der Waals surface area (Å²) in [5, 5.41) is 0. The Balaban J connectivity index is 1.77. The molecule has 0 N–H and O–H groups in total. The van der Waals surface area contributed by atoms with Gasteiger partial charge in [-0.3, -0.25) is 8.97 Å². The van der Waals surface area contributed by atoms with Crippen molar-refractivity contribution in [2.75, 3.05) is 0 Å². The number of fused-ring (bicyclic) bond motifs is 5. The summed E-state index contributed by atoms with van der Waals surface area (Å²) >= 11 is 0. The van der Waals surface area contributed by atoms with E-state index >= 15 is 0 Å². The average Bonchev–Trinajstić information content (AvgIpc) is 3.28. The highest BCUT2D eigenvalue weighted by molar-refractivity contribution is 5.94. The van der Waals surface area contributed by atoms with E-state index in [1.807, 2.05) is 6.07 Å². The fourth-order valence-corrected chi connectivity index (χ4v) is 4.23. The lowest BCUT2D eigenvalue weighted by molar-refractivity contribution is 1.10. The first-order chi connectivity index (χ1) is 14.3. The molecule has 3 heteroatoms. The molecule has 138 valence electrons. The van der Waals surface area contributed by atoms with Gasteiger partial charge in [0.1, 0.15) is 0 Å². The monoisotopic (exact) mass is 373 g/mol. The summed E-state index contributed by atoms with van der Waals surface area (Å²) in [7, 11) is 0. The molecule has 0 spiro atoms. The van der Waals surface area contributed by atoms with Gasteiger partial charge in [-0.1, -0.05) is 60.7 Å². The minimum atomic E-state index is 0.942. The molecule has 3 nitrogen and oxygen atoms in total. The maximum atomic E-state index is 4.99. The number of para-hydroxylation sites is 2. The van der Waals surface area contributed by atoms with E-state index < -0.39 is 0 Å². The second-order valence-electron chi connectivity index (χ2n) is 7.48. The molecule has 0 fully saturated rings. The van der Waals surface area contributed by atoms with Crippen molar-refractivity contribution >= 4 is 27.8 Å². The highest BCUT2D eigenvalue weighted by atomic mass is 15.2. The molecular weight excluding hydrogens is 354 g/mol. The summed E-state index contributed by atoms with van der Waals surface area (Å²) in [5.41, 5.74) is 9.25. The molecule has 0 aliphatic heterocycles. The second-order valence-corrected chi connectivity index (χ2v) is 7.48. The summed E-state index contributed by atoms with van der Waals surface area (Å²) in [6.45, 7) is 2.13. The second kappa shape index (κ2) is 6.08. The van der Waals surface area contributed by atoms with Crippen molar-refractivity contribution in [3.05, 3.63) is 103 Å². The van der Waals surface area contributed by atoms with Gasteiger partial charge in [-0.25, -0.2) is 4.98 Å². The Morgan fingerprint density at radius 2 is 1.45 bits per heavy atom. The van der Waals surface area contributed by atoms with Crippen LogP contribution in [0.5, 0.6) is 0 Å². The van der Waals surface area contributed by atoms with Crippen LogP contribution < -0.4 is 0 Å². The first-order valence-electron chi connectivity index (χ1n) is 9.84. The van der Waals surface area contributed by atoms with E-state index in [1.165, 1.54) is 16.7 Å². The zero-order valence-corrected chi connectivity index (χ0v) is 16.1. The highest BCUT2D eigenvalue weighted by Gasteiger charge is 2.17. The quantitative estimate of drug-likeness (QED) is 0.344. The molecular formula is C26H19N3. The first-order valence-corrected chi connectivity index (χ1v) is 9.84. The zero-order chi connectivity index (χ0) is 19.4. The molecule has 0 atom stereocenters. The van der Waals surface area contributed by atoms with Crippen LogP contribution in [0.15, 0.2) is 97.1 Å². The van der Waals surface area contributed by atoms with Gasteiger partial charge >= 0.3 is 0 Å². The highest BCUT2D eigenvalue weighted by Crippen LogP contribution is 2.32. The lowest BCUT2D eigenvalue weighted by atomic mass is 10.1. The fraction of sp³-hybridized carbons (Fsp3) is 0.0385. The van der Waals surface area contributed by atoms with Crippen molar-refractivity contribution in [2.24, 2.45) is 0 Å². The van der Waals surface area contributed by atoms with Gasteiger partial charge in [-0.05, 0) is 60.0 Å². The molecule has 6 rings (SSSR count). The van der Waals surface area contributed by atoms with Gasteiger partial charge in [0.25, 0.3) is 0 Å². The molecule has 0 aliphatic rings. The largest absolute Gasteiger partial charge is 0.278 e. The van der Waals surface area contributed by atoms with Crippen LogP contribution in [0.4, 0.5) is 0 Å². The van der Waals surface area contributed by atoms with Gasteiger partial charge in [0, 0.05) is 5.69 Å². The summed E-state index contributed by atoms with van der Waals surface area (Å²) in [5.74, 6) is 0.942. The van der Waals surface area contributed by atoms with Gasteiger partial charge in [0.05, 0.1) is 22.1 Å². The van der Waals surface area contributed by atoms with Gasteiger partial charge in [-0.15, -0.1) is 0 Å². The topological polar surface area (TPSA) is 22.2 Å². The van der Waals surface area contributed by atoms with Gasteiger partial charge in [0.15, 0.2) is 0 Å². The predicted octanol–water partition coefficient (Wildman–Crippen LogP) is 6.41. The number of imidazole rings is 2. The van der Waals surface area contributed by atoms with E-state index in [0.717, 1.165) is 33.5 Å². The van der Waals surface area contributed by atoms with Gasteiger partial charge in [-0.2, -0.15) is 0 Å². The summed E-state index contributed by atoms with van der Waals surface area (Å²) in [6, 6.07) is 34.2. The Bertz CT molecular complexity index is 1500. The molecule has 6 aromatic rings. The Morgan fingerprint density at radius 1 is 0.621 bits per heavy atom. The third-order valence-corrected chi connectivity index (χ3v) is 5.57. The van der Waals surface area contributed by atoms with Crippen LogP contribution in [0.2, 0.25) is 0 Å². The average molecular weight is 373 g/mol. The molecule has 29 heavy (non-hydrogen) atoms. The third-order valence-electron chi connectivity index (χ3n) is 5.57. The number of rotatable bonds is 2. The van der Waals surface area contributed by atoms with Crippen LogP contribution >= 0.6 is 0 Å². The number of benzene rings is 4. The van der Waals surface area contributed by atoms with E-state index in [4.69, 9.17) is 4.98 Å². The van der Waals surface area contributed by atoms with E-state index in [1.54, 1.807) is 0 Å². The van der Waals surface area contributed by atoms with Crippen LogP contribution in [0.1, 0.15) is 5.56 Å². The number of hydrogen-bond donors (Lipinski definition) is 0. The van der Waals surface area contributed by atoms with Gasteiger partial charge in [0.2, 0.25) is 5.78 Å². The van der Waals surface area contributed by atoms with Crippen molar-refractivity contribution in [3.8, 4) is 16.8 Å². The molecule has 0 saturated carbocycles. The summed E-state index contributed by atoms with van der Waals surface area (Å²) < 4.78 is 4.54. The molecule has 0 aliphatic carbocycles. The molecule has 0 amide bonds. The molecule has 2 heterocycles. The van der Waals surface area contributed by atoms with Crippen LogP contribution in [0.3, 0.4) is 0 Å². The van der Waals surface area contributed by atoms with E-state index in [2.05, 4.69) is 107 Å².